The van der Waals surface area contributed by atoms with E-state index in [-0.39, 0.29) is 23.0 Å². The monoisotopic (exact) mass is 759 g/mol. The molecule has 0 aliphatic rings. The second-order valence-electron chi connectivity index (χ2n) is 10.2. The van der Waals surface area contributed by atoms with E-state index in [0.29, 0.717) is 37.5 Å². The highest BCUT2D eigenvalue weighted by Crippen LogP contribution is 2.45. The van der Waals surface area contributed by atoms with Crippen LogP contribution in [0.5, 0.6) is 0 Å². The first-order chi connectivity index (χ1) is 18.0. The Labute approximate surface area is 251 Å². The minimum atomic E-state index is -0.334. The molecular formula is C30H21Br4NO3. The molecule has 8 heteroatoms. The molecule has 2 heterocycles. The highest BCUT2D eigenvalue weighted by atomic mass is 79.9. The predicted molar refractivity (Wildman–Crippen MR) is 171 cm³/mol. The Kier molecular flexibility index (Phi) is 6.41. The molecule has 0 bridgehead atoms. The molecule has 0 amide bonds. The molecule has 0 saturated heterocycles. The minimum Gasteiger partial charge on any atom is -0.454 e. The first kappa shape index (κ1) is 26.2. The molecule has 0 saturated carbocycles. The maximum absolute atomic E-state index is 14.3. The van der Waals surface area contributed by atoms with Gasteiger partial charge in [0.1, 0.15) is 11.2 Å². The fourth-order valence-corrected chi connectivity index (χ4v) is 7.95. The molecule has 6 rings (SSSR count). The number of fused-ring (bicyclic) bond motifs is 2. The van der Waals surface area contributed by atoms with Gasteiger partial charge in [-0.25, -0.2) is 4.57 Å². The lowest BCUT2D eigenvalue weighted by Gasteiger charge is -2.22. The topological polar surface area (TPSA) is 52.2 Å². The maximum atomic E-state index is 14.3. The van der Waals surface area contributed by atoms with E-state index in [1.165, 1.54) is 4.57 Å². The van der Waals surface area contributed by atoms with Crippen LogP contribution in [-0.4, -0.2) is 4.57 Å². The third-order valence-corrected chi connectivity index (χ3v) is 9.44. The van der Waals surface area contributed by atoms with Gasteiger partial charge in [0, 0.05) is 30.5 Å². The summed E-state index contributed by atoms with van der Waals surface area (Å²) in [7, 11) is 0. The van der Waals surface area contributed by atoms with Gasteiger partial charge < -0.3 is 4.42 Å². The van der Waals surface area contributed by atoms with E-state index >= 15 is 0 Å². The number of pyridine rings is 1. The van der Waals surface area contributed by atoms with Gasteiger partial charge in [-0.1, -0.05) is 77.8 Å². The van der Waals surface area contributed by atoms with Crippen LogP contribution >= 0.6 is 63.7 Å². The summed E-state index contributed by atoms with van der Waals surface area (Å²) in [6.45, 7) is 8.33. The first-order valence-electron chi connectivity index (χ1n) is 12.2. The second-order valence-corrected chi connectivity index (χ2v) is 13.7. The van der Waals surface area contributed by atoms with Crippen LogP contribution < -0.4 is 11.1 Å². The van der Waals surface area contributed by atoms with Crippen LogP contribution in [-0.2, 0) is 0 Å². The van der Waals surface area contributed by atoms with Gasteiger partial charge in [0.25, 0.3) is 11.1 Å². The van der Waals surface area contributed by atoms with Crippen molar-refractivity contribution in [1.82, 2.24) is 4.57 Å². The van der Waals surface area contributed by atoms with Gasteiger partial charge in [-0.15, -0.1) is 0 Å². The third kappa shape index (κ3) is 3.70. The van der Waals surface area contributed by atoms with Crippen LogP contribution in [0, 0.1) is 0 Å². The van der Waals surface area contributed by atoms with Crippen molar-refractivity contribution in [2.24, 2.45) is 0 Å². The zero-order valence-corrected chi connectivity index (χ0v) is 27.2. The van der Waals surface area contributed by atoms with E-state index in [9.17, 15) is 9.59 Å². The molecular weight excluding hydrogens is 742 g/mol. The normalized spacial score (nSPS) is 12.4. The summed E-state index contributed by atoms with van der Waals surface area (Å²) in [4.78, 5) is 28.6. The number of hydrogen-bond donors (Lipinski definition) is 0. The Morgan fingerprint density at radius 1 is 0.658 bits per heavy atom. The van der Waals surface area contributed by atoms with Crippen molar-refractivity contribution in [2.45, 2.75) is 39.5 Å². The molecule has 0 atom stereocenters. The van der Waals surface area contributed by atoms with Gasteiger partial charge in [-0.05, 0) is 79.1 Å². The Hall–Kier alpha value is -2.00. The van der Waals surface area contributed by atoms with E-state index < -0.39 is 0 Å². The molecule has 192 valence electrons. The zero-order chi connectivity index (χ0) is 27.2. The summed E-state index contributed by atoms with van der Waals surface area (Å²) >= 11 is 14.7. The number of hydrogen-bond acceptors (Lipinski definition) is 3. The molecule has 38 heavy (non-hydrogen) atoms. The van der Waals surface area contributed by atoms with Crippen molar-refractivity contribution < 1.29 is 4.42 Å². The Morgan fingerprint density at radius 3 is 1.79 bits per heavy atom. The number of aromatic nitrogens is 1. The van der Waals surface area contributed by atoms with E-state index in [1.54, 1.807) is 6.07 Å². The molecule has 0 N–H and O–H groups in total. The summed E-state index contributed by atoms with van der Waals surface area (Å²) in [5.41, 5.74) is 3.21. The summed E-state index contributed by atoms with van der Waals surface area (Å²) in [5, 5.41) is 4.02. The van der Waals surface area contributed by atoms with Gasteiger partial charge in [0.05, 0.1) is 25.4 Å². The molecule has 0 radical (unpaired) electrons. The van der Waals surface area contributed by atoms with Crippen LogP contribution in [0.2, 0.25) is 0 Å². The van der Waals surface area contributed by atoms with Crippen molar-refractivity contribution in [2.75, 3.05) is 0 Å². The average molecular weight is 763 g/mol. The van der Waals surface area contributed by atoms with Gasteiger partial charge in [0.15, 0.2) is 0 Å². The largest absolute Gasteiger partial charge is 0.454 e. The standard InChI is InChI=1S/C30H21Br4NO3/c1-12(2)15-6-5-7-16(13(3)4)26(15)35-29(36)18-10-20(32)24-17-8-14(31)9-21(33)27(17)38-28-22(34)11-19(30(35)37)23(18)25(24)28/h5-13H,1-4H3. The SMILES string of the molecule is CC(C)c1cccc(C(C)C)c1-n1c(=O)c2cc(Br)c3oc4c(Br)cc(Br)cc4c4c(Br)cc(c1=O)c2c34. The first-order valence-corrected chi connectivity index (χ1v) is 15.4. The van der Waals surface area contributed by atoms with Crippen LogP contribution in [0.1, 0.15) is 50.7 Å². The summed E-state index contributed by atoms with van der Waals surface area (Å²) in [5.74, 6) is 0.252. The van der Waals surface area contributed by atoms with Gasteiger partial charge in [0.2, 0.25) is 0 Å². The molecule has 0 fully saturated rings. The molecule has 2 aromatic heterocycles. The predicted octanol–water partition coefficient (Wildman–Crippen LogP) is 10.1. The molecule has 4 aromatic carbocycles. The lowest BCUT2D eigenvalue weighted by atomic mass is 9.91. The van der Waals surface area contributed by atoms with Crippen LogP contribution in [0.25, 0.3) is 49.2 Å². The molecule has 0 unspecified atom stereocenters. The third-order valence-electron chi connectivity index (χ3n) is 7.18. The fourth-order valence-electron chi connectivity index (χ4n) is 5.50. The average Bonchev–Trinajstić information content (AvgIpc) is 2.85. The molecule has 0 spiro atoms. The van der Waals surface area contributed by atoms with Crippen LogP contribution in [0.4, 0.5) is 0 Å². The van der Waals surface area contributed by atoms with E-state index in [2.05, 4.69) is 91.4 Å². The molecule has 0 aliphatic heterocycles. The smallest absolute Gasteiger partial charge is 0.266 e. The summed E-state index contributed by atoms with van der Waals surface area (Å²) in [6, 6.07) is 13.6. The second kappa shape index (κ2) is 9.29. The zero-order valence-electron chi connectivity index (χ0n) is 20.9. The Bertz CT molecular complexity index is 2010. The van der Waals surface area contributed by atoms with Crippen LogP contribution in [0.3, 0.4) is 0 Å². The number of halogens is 4. The number of benzene rings is 4. The highest BCUT2D eigenvalue weighted by molar-refractivity contribution is 9.11. The summed E-state index contributed by atoms with van der Waals surface area (Å²) in [6.07, 6.45) is 0. The lowest BCUT2D eigenvalue weighted by molar-refractivity contribution is 0.657. The van der Waals surface area contributed by atoms with E-state index in [1.807, 2.05) is 36.4 Å². The van der Waals surface area contributed by atoms with Gasteiger partial charge in [-0.2, -0.15) is 0 Å². The van der Waals surface area contributed by atoms with E-state index in [0.717, 1.165) is 40.7 Å². The molecule has 0 aliphatic carbocycles. The number of rotatable bonds is 3. The van der Waals surface area contributed by atoms with Gasteiger partial charge in [-0.3, -0.25) is 9.59 Å². The van der Waals surface area contributed by atoms with Crippen molar-refractivity contribution in [3.63, 3.8) is 0 Å². The maximum Gasteiger partial charge on any atom is 0.266 e. The number of para-hydroxylation sites is 1. The quantitative estimate of drug-likeness (QED) is 0.133. The molecule has 6 aromatic rings. The number of nitrogens with zero attached hydrogens (tertiary/aromatic N) is 1. The van der Waals surface area contributed by atoms with Crippen molar-refractivity contribution in [3.05, 3.63) is 92.2 Å². The lowest BCUT2D eigenvalue weighted by Crippen LogP contribution is -2.34. The van der Waals surface area contributed by atoms with Crippen LogP contribution in [0.15, 0.2) is 74.4 Å². The Morgan fingerprint density at radius 2 is 1.21 bits per heavy atom. The van der Waals surface area contributed by atoms with Crippen molar-refractivity contribution in [1.29, 1.82) is 0 Å². The highest BCUT2D eigenvalue weighted by Gasteiger charge is 2.26. The molecule has 4 nitrogen and oxygen atoms in total. The Balaban J connectivity index is 1.90. The minimum absolute atomic E-state index is 0.126. The summed E-state index contributed by atoms with van der Waals surface area (Å²) < 4.78 is 10.9. The fraction of sp³-hybridized carbons (Fsp3) is 0.200. The van der Waals surface area contributed by atoms with Crippen molar-refractivity contribution >= 4 is 107 Å². The van der Waals surface area contributed by atoms with Gasteiger partial charge >= 0.3 is 0 Å². The van der Waals surface area contributed by atoms with Crippen molar-refractivity contribution in [3.8, 4) is 5.69 Å². The van der Waals surface area contributed by atoms with E-state index in [4.69, 9.17) is 4.42 Å².